The van der Waals surface area contributed by atoms with Crippen LogP contribution in [0, 0.1) is 0 Å². The maximum atomic E-state index is 12.4. The van der Waals surface area contributed by atoms with Crippen molar-refractivity contribution in [2.24, 2.45) is 0 Å². The van der Waals surface area contributed by atoms with Crippen molar-refractivity contribution < 1.29 is 70.4 Å². The summed E-state index contributed by atoms with van der Waals surface area (Å²) in [4.78, 5) is 0. The van der Waals surface area contributed by atoms with Crippen molar-refractivity contribution >= 4 is 0 Å². The molecule has 4 aliphatic rings. The molecule has 1 fully saturated rings. The van der Waals surface area contributed by atoms with Crippen LogP contribution in [0.2, 0.25) is 0 Å². The lowest BCUT2D eigenvalue weighted by molar-refractivity contribution is -0.277. The lowest BCUT2D eigenvalue weighted by Crippen LogP contribution is -2.60. The molecule has 11 unspecified atom stereocenters. The third kappa shape index (κ3) is 6.21. The number of aliphatic hydroxyl groups is 4. The second-order valence-electron chi connectivity index (χ2n) is 16.5. The first-order valence-electron chi connectivity index (χ1n) is 20.1. The summed E-state index contributed by atoms with van der Waals surface area (Å²) in [6, 6.07) is 28.5. The molecule has 318 valence electrons. The number of ether oxygens (including phenoxy) is 3. The topological polar surface area (TPSA) is 250 Å². The standard InChI is InChI=1S/C48H42O14/c49-19-34-44(57)45(58)46(59)48(62-34)60-29-14-23(13-27(53)15-29)37-35(20-1-7-24(50)8-2-20)42-36(21-3-9-25(51)10-4-21)38-30(16-28(54)17-31(38)55)39-41-33(18-32(56)40(37)43(41)42)61-47(39)22-5-11-26(52)12-6-22/h1-18,34-37,39,42,44-59H,19H2. The number of hydrogen-bond acceptors (Lipinski definition) is 14. The van der Waals surface area contributed by atoms with Crippen LogP contribution in [0.4, 0.5) is 0 Å². The quantitative estimate of drug-likeness (QED) is 0.0986. The summed E-state index contributed by atoms with van der Waals surface area (Å²) in [6.45, 7) is -0.687. The molecule has 10 rings (SSSR count). The Hall–Kier alpha value is -6.68. The van der Waals surface area contributed by atoms with Crippen LogP contribution in [0.15, 0.2) is 109 Å². The Labute approximate surface area is 353 Å². The van der Waals surface area contributed by atoms with E-state index in [0.29, 0.717) is 55.8 Å². The van der Waals surface area contributed by atoms with Gasteiger partial charge in [-0.15, -0.1) is 0 Å². The molecule has 6 aromatic rings. The van der Waals surface area contributed by atoms with Crippen molar-refractivity contribution in [3.8, 4) is 51.7 Å². The Kier molecular flexibility index (Phi) is 9.39. The SMILES string of the molecule is OCC1OC(Oc2cc(O)cc(C3c4c(O)cc5c6c4C(C(c4ccc(O)cc4)c4c(O)cc(O)cc4C6C(c4ccc(O)cc4)O5)C3c3ccc(O)cc3)c2)C(O)C(O)C1O. The van der Waals surface area contributed by atoms with E-state index in [1.165, 1.54) is 48.5 Å². The third-order valence-corrected chi connectivity index (χ3v) is 13.0. The van der Waals surface area contributed by atoms with Crippen LogP contribution in [-0.4, -0.2) is 93.5 Å². The zero-order valence-electron chi connectivity index (χ0n) is 32.6. The van der Waals surface area contributed by atoms with Crippen LogP contribution in [0.1, 0.15) is 85.8 Å². The van der Waals surface area contributed by atoms with Crippen molar-refractivity contribution in [1.29, 1.82) is 0 Å². The van der Waals surface area contributed by atoms with E-state index in [1.54, 1.807) is 60.7 Å². The molecule has 0 radical (unpaired) electrons. The molecule has 2 aliphatic heterocycles. The average molecular weight is 843 g/mol. The zero-order valence-corrected chi connectivity index (χ0v) is 32.6. The van der Waals surface area contributed by atoms with Crippen LogP contribution in [0.3, 0.4) is 0 Å². The van der Waals surface area contributed by atoms with Crippen molar-refractivity contribution in [2.75, 3.05) is 6.61 Å². The number of aliphatic hydroxyl groups excluding tert-OH is 4. The van der Waals surface area contributed by atoms with Crippen LogP contribution < -0.4 is 9.47 Å². The zero-order chi connectivity index (χ0) is 43.3. The molecular weight excluding hydrogens is 801 g/mol. The number of aromatic hydroxyl groups is 7. The molecule has 62 heavy (non-hydrogen) atoms. The van der Waals surface area contributed by atoms with Gasteiger partial charge in [0.1, 0.15) is 82.3 Å². The minimum Gasteiger partial charge on any atom is -0.508 e. The summed E-state index contributed by atoms with van der Waals surface area (Å²) in [5.74, 6) is -4.07. The van der Waals surface area contributed by atoms with Gasteiger partial charge in [-0.2, -0.15) is 0 Å². The molecular formula is C48H42O14. The monoisotopic (exact) mass is 842 g/mol. The summed E-state index contributed by atoms with van der Waals surface area (Å²) in [5.41, 5.74) is 5.26. The predicted octanol–water partition coefficient (Wildman–Crippen LogP) is 5.23. The molecule has 2 heterocycles. The van der Waals surface area contributed by atoms with Crippen LogP contribution in [0.5, 0.6) is 51.7 Å². The van der Waals surface area contributed by atoms with Crippen LogP contribution in [0.25, 0.3) is 0 Å². The van der Waals surface area contributed by atoms with Gasteiger partial charge in [0.2, 0.25) is 6.29 Å². The second kappa shape index (κ2) is 14.8. The largest absolute Gasteiger partial charge is 0.508 e. The van der Waals surface area contributed by atoms with E-state index in [4.69, 9.17) is 14.2 Å². The average Bonchev–Trinajstić information content (AvgIpc) is 3.76. The highest BCUT2D eigenvalue weighted by molar-refractivity contribution is 5.72. The molecule has 11 atom stereocenters. The summed E-state index contributed by atoms with van der Waals surface area (Å²) in [6.07, 6.45) is -8.73. The van der Waals surface area contributed by atoms with Crippen LogP contribution >= 0.6 is 0 Å². The molecule has 0 saturated carbocycles. The molecule has 2 aliphatic carbocycles. The fourth-order valence-electron chi connectivity index (χ4n) is 10.4. The van der Waals surface area contributed by atoms with Gasteiger partial charge in [0, 0.05) is 58.6 Å². The van der Waals surface area contributed by atoms with Crippen molar-refractivity contribution in [3.63, 3.8) is 0 Å². The van der Waals surface area contributed by atoms with Gasteiger partial charge in [0.25, 0.3) is 0 Å². The number of fused-ring (bicyclic) bond motifs is 2. The maximum absolute atomic E-state index is 12.4. The Bertz CT molecular complexity index is 2680. The van der Waals surface area contributed by atoms with Gasteiger partial charge in [-0.05, 0) is 88.0 Å². The molecule has 11 N–H and O–H groups in total. The summed E-state index contributed by atoms with van der Waals surface area (Å²) >= 11 is 0. The molecule has 1 saturated heterocycles. The fraction of sp³-hybridized carbons (Fsp3) is 0.250. The van der Waals surface area contributed by atoms with E-state index < -0.39 is 73.0 Å². The summed E-state index contributed by atoms with van der Waals surface area (Å²) in [5, 5.41) is 120. The van der Waals surface area contributed by atoms with Crippen molar-refractivity contribution in [3.05, 3.63) is 159 Å². The van der Waals surface area contributed by atoms with Crippen LogP contribution in [-0.2, 0) is 4.74 Å². The van der Waals surface area contributed by atoms with Crippen molar-refractivity contribution in [1.82, 2.24) is 0 Å². The number of phenols is 7. The highest BCUT2D eigenvalue weighted by Gasteiger charge is 2.56. The molecule has 0 bridgehead atoms. The van der Waals surface area contributed by atoms with Gasteiger partial charge in [-0.25, -0.2) is 0 Å². The molecule has 0 aromatic heterocycles. The van der Waals surface area contributed by atoms with Gasteiger partial charge in [0.05, 0.1) is 12.5 Å². The first-order valence-corrected chi connectivity index (χ1v) is 20.1. The normalized spacial score (nSPS) is 28.1. The van der Waals surface area contributed by atoms with Crippen molar-refractivity contribution in [2.45, 2.75) is 66.4 Å². The van der Waals surface area contributed by atoms with E-state index in [1.807, 2.05) is 0 Å². The first kappa shape index (κ1) is 39.5. The third-order valence-electron chi connectivity index (χ3n) is 13.0. The molecule has 14 heteroatoms. The Morgan fingerprint density at radius 3 is 1.69 bits per heavy atom. The van der Waals surface area contributed by atoms with E-state index in [9.17, 15) is 56.2 Å². The molecule has 14 nitrogen and oxygen atoms in total. The molecule has 6 aromatic carbocycles. The minimum absolute atomic E-state index is 0.00302. The van der Waals surface area contributed by atoms with E-state index in [2.05, 4.69) is 0 Å². The second-order valence-corrected chi connectivity index (χ2v) is 16.5. The molecule has 0 spiro atoms. The van der Waals surface area contributed by atoms with E-state index in [0.717, 1.165) is 0 Å². The van der Waals surface area contributed by atoms with Gasteiger partial charge in [0.15, 0.2) is 0 Å². The number of phenolic OH excluding ortho intramolecular Hbond substituents is 7. The lowest BCUT2D eigenvalue weighted by atomic mass is 9.69. The maximum Gasteiger partial charge on any atom is 0.229 e. The lowest BCUT2D eigenvalue weighted by Gasteiger charge is -2.39. The summed E-state index contributed by atoms with van der Waals surface area (Å²) in [7, 11) is 0. The summed E-state index contributed by atoms with van der Waals surface area (Å²) < 4.78 is 18.4. The fourth-order valence-corrected chi connectivity index (χ4v) is 10.4. The Balaban J connectivity index is 1.25. The Morgan fingerprint density at radius 1 is 0.468 bits per heavy atom. The van der Waals surface area contributed by atoms with E-state index >= 15 is 0 Å². The van der Waals surface area contributed by atoms with Gasteiger partial charge in [-0.3, -0.25) is 0 Å². The van der Waals surface area contributed by atoms with Gasteiger partial charge < -0.3 is 70.4 Å². The van der Waals surface area contributed by atoms with Gasteiger partial charge >= 0.3 is 0 Å². The van der Waals surface area contributed by atoms with Gasteiger partial charge in [-0.1, -0.05) is 36.4 Å². The van der Waals surface area contributed by atoms with E-state index in [-0.39, 0.29) is 46.0 Å². The highest BCUT2D eigenvalue weighted by Crippen LogP contribution is 2.70. The Morgan fingerprint density at radius 2 is 1.05 bits per heavy atom. The minimum atomic E-state index is -1.75. The highest BCUT2D eigenvalue weighted by atomic mass is 16.7. The molecule has 0 amide bonds. The number of benzene rings is 6. The number of rotatable bonds is 7. The number of hydrogen-bond donors (Lipinski definition) is 11. The first-order chi connectivity index (χ1) is 29.8. The predicted molar refractivity (Wildman–Crippen MR) is 219 cm³/mol. The smallest absolute Gasteiger partial charge is 0.229 e.